The number of aromatic nitrogens is 2. The number of hydrogen-bond donors (Lipinski definition) is 1. The van der Waals surface area contributed by atoms with Crippen molar-refractivity contribution in [1.82, 2.24) is 20.0 Å². The van der Waals surface area contributed by atoms with Gasteiger partial charge in [0.2, 0.25) is 5.43 Å². The number of amides is 2. The number of hydrogen-bond acceptors (Lipinski definition) is 4. The Morgan fingerprint density at radius 1 is 1.16 bits per heavy atom. The van der Waals surface area contributed by atoms with Crippen molar-refractivity contribution in [3.05, 3.63) is 93.2 Å². The van der Waals surface area contributed by atoms with E-state index in [0.29, 0.717) is 11.3 Å². The third-order valence-corrected chi connectivity index (χ3v) is 5.44. The second-order valence-corrected chi connectivity index (χ2v) is 7.80. The Bertz CT molecular complexity index is 1230. The van der Waals surface area contributed by atoms with Crippen LogP contribution in [-0.2, 0) is 6.54 Å². The Morgan fingerprint density at radius 2 is 1.84 bits per heavy atom. The topological polar surface area (TPSA) is 84.3 Å². The highest BCUT2D eigenvalue weighted by atomic mass is 19.1. The zero-order valence-electron chi connectivity index (χ0n) is 17.8. The number of rotatable bonds is 6. The molecule has 1 saturated carbocycles. The van der Waals surface area contributed by atoms with E-state index in [1.807, 2.05) is 0 Å². The van der Waals surface area contributed by atoms with E-state index >= 15 is 0 Å². The summed E-state index contributed by atoms with van der Waals surface area (Å²) in [7, 11) is 1.56. The number of para-hydroxylation sites is 1. The molecule has 1 aliphatic rings. The summed E-state index contributed by atoms with van der Waals surface area (Å²) in [4.78, 5) is 39.4. The highest BCUT2D eigenvalue weighted by Gasteiger charge is 2.35. The Morgan fingerprint density at radius 3 is 2.47 bits per heavy atom. The molecule has 1 N–H and O–H groups in total. The van der Waals surface area contributed by atoms with Crippen molar-refractivity contribution >= 4 is 11.8 Å². The zero-order valence-corrected chi connectivity index (χ0v) is 17.8. The number of halogens is 1. The van der Waals surface area contributed by atoms with Crippen molar-refractivity contribution in [2.24, 2.45) is 0 Å². The van der Waals surface area contributed by atoms with Gasteiger partial charge in [-0.1, -0.05) is 24.3 Å². The van der Waals surface area contributed by atoms with Crippen molar-refractivity contribution in [1.29, 1.82) is 0 Å². The van der Waals surface area contributed by atoms with Gasteiger partial charge in [-0.25, -0.2) is 9.07 Å². The normalized spacial score (nSPS) is 13.0. The maximum absolute atomic E-state index is 14.3. The second kappa shape index (κ2) is 8.74. The fourth-order valence-corrected chi connectivity index (χ4v) is 3.55. The minimum absolute atomic E-state index is 0.0190. The molecule has 2 aromatic carbocycles. The molecule has 0 spiro atoms. The van der Waals surface area contributed by atoms with E-state index < -0.39 is 17.2 Å². The van der Waals surface area contributed by atoms with Crippen LogP contribution in [0.5, 0.6) is 0 Å². The predicted molar refractivity (Wildman–Crippen MR) is 117 cm³/mol. The van der Waals surface area contributed by atoms with E-state index in [-0.39, 0.29) is 29.9 Å². The molecule has 0 saturated heterocycles. The van der Waals surface area contributed by atoms with Gasteiger partial charge in [0.15, 0.2) is 5.69 Å². The van der Waals surface area contributed by atoms with Gasteiger partial charge in [0.25, 0.3) is 11.8 Å². The van der Waals surface area contributed by atoms with Crippen molar-refractivity contribution < 1.29 is 14.0 Å². The molecule has 1 aromatic heterocycles. The van der Waals surface area contributed by atoms with E-state index in [1.54, 1.807) is 61.3 Å². The molecule has 4 rings (SSSR count). The molecule has 1 fully saturated rings. The molecule has 8 heteroatoms. The molecular formula is C24H23FN4O3. The van der Waals surface area contributed by atoms with Gasteiger partial charge < -0.3 is 10.2 Å². The largest absolute Gasteiger partial charge is 0.355 e. The van der Waals surface area contributed by atoms with Crippen LogP contribution in [0.25, 0.3) is 5.69 Å². The van der Waals surface area contributed by atoms with E-state index in [4.69, 9.17) is 0 Å². The third kappa shape index (κ3) is 4.30. The summed E-state index contributed by atoms with van der Waals surface area (Å²) in [6.45, 7) is 1.92. The molecule has 3 aromatic rings. The van der Waals surface area contributed by atoms with Crippen LogP contribution in [0, 0.1) is 12.7 Å². The van der Waals surface area contributed by atoms with Crippen LogP contribution >= 0.6 is 0 Å². The lowest BCUT2D eigenvalue weighted by molar-refractivity contribution is 0.0720. The van der Waals surface area contributed by atoms with Gasteiger partial charge in [0.1, 0.15) is 11.5 Å². The van der Waals surface area contributed by atoms with Crippen molar-refractivity contribution in [2.45, 2.75) is 32.4 Å². The average molecular weight is 434 g/mol. The van der Waals surface area contributed by atoms with E-state index in [0.717, 1.165) is 18.4 Å². The molecule has 0 atom stereocenters. The van der Waals surface area contributed by atoms with Crippen LogP contribution < -0.4 is 10.7 Å². The van der Waals surface area contributed by atoms with Gasteiger partial charge in [-0.15, -0.1) is 0 Å². The highest BCUT2D eigenvalue weighted by Crippen LogP contribution is 2.29. The fourth-order valence-electron chi connectivity index (χ4n) is 3.55. The minimum atomic E-state index is -0.500. The summed E-state index contributed by atoms with van der Waals surface area (Å²) >= 11 is 0. The molecule has 0 unspecified atom stereocenters. The molecule has 0 aliphatic heterocycles. The molecular weight excluding hydrogens is 411 g/mol. The Balaban J connectivity index is 1.66. The summed E-state index contributed by atoms with van der Waals surface area (Å²) in [5, 5.41) is 6.81. The molecule has 164 valence electrons. The van der Waals surface area contributed by atoms with Crippen LogP contribution in [0.3, 0.4) is 0 Å². The monoisotopic (exact) mass is 434 g/mol. The van der Waals surface area contributed by atoms with Crippen molar-refractivity contribution in [2.75, 3.05) is 7.05 Å². The van der Waals surface area contributed by atoms with Gasteiger partial charge >= 0.3 is 0 Å². The Kier molecular flexibility index (Phi) is 5.85. The maximum atomic E-state index is 14.3. The lowest BCUT2D eigenvalue weighted by Crippen LogP contribution is -2.37. The summed E-state index contributed by atoms with van der Waals surface area (Å²) in [5.41, 5.74) is 1.21. The smallest absolute Gasteiger partial charge is 0.278 e. The summed E-state index contributed by atoms with van der Waals surface area (Å²) in [6, 6.07) is 14.3. The third-order valence-electron chi connectivity index (χ3n) is 5.44. The van der Waals surface area contributed by atoms with E-state index in [2.05, 4.69) is 10.4 Å². The summed E-state index contributed by atoms with van der Waals surface area (Å²) < 4.78 is 15.6. The molecule has 0 bridgehead atoms. The number of carbonyl (C=O) groups excluding carboxylic acids is 2. The van der Waals surface area contributed by atoms with Crippen LogP contribution in [-0.4, -0.2) is 39.6 Å². The number of nitrogens with zero attached hydrogens (tertiary/aromatic N) is 3. The Labute approximate surface area is 184 Å². The minimum Gasteiger partial charge on any atom is -0.355 e. The summed E-state index contributed by atoms with van der Waals surface area (Å²) in [5.74, 6) is -1.18. The van der Waals surface area contributed by atoms with Gasteiger partial charge in [0.05, 0.1) is 0 Å². The first-order chi connectivity index (χ1) is 15.4. The quantitative estimate of drug-likeness (QED) is 0.647. The lowest BCUT2D eigenvalue weighted by atomic mass is 10.1. The fraction of sp³-hybridized carbons (Fsp3) is 0.250. The van der Waals surface area contributed by atoms with E-state index in [9.17, 15) is 18.8 Å². The SMILES string of the molecule is CNC(=O)c1ccc(CN(C(=O)c2nn(-c3ccccc3F)c(C)cc2=O)C2CC2)cc1. The van der Waals surface area contributed by atoms with Crippen LogP contribution in [0.1, 0.15) is 44.9 Å². The molecule has 2 amide bonds. The first kappa shape index (κ1) is 21.4. The molecule has 1 heterocycles. The number of nitrogens with one attached hydrogen (secondary N) is 1. The molecule has 7 nitrogen and oxygen atoms in total. The molecule has 0 radical (unpaired) electrons. The maximum Gasteiger partial charge on any atom is 0.278 e. The number of carbonyl (C=O) groups is 2. The average Bonchev–Trinajstić information content (AvgIpc) is 3.63. The van der Waals surface area contributed by atoms with Gasteiger partial charge in [-0.05, 0) is 49.6 Å². The standard InChI is InChI=1S/C24H23FN4O3/c1-15-13-21(30)22(27-29(15)20-6-4-3-5-19(20)25)24(32)28(18-11-12-18)14-16-7-9-17(10-8-16)23(31)26-2/h3-10,13,18H,11-12,14H2,1-2H3,(H,26,31). The molecule has 1 aliphatic carbocycles. The van der Waals surface area contributed by atoms with Gasteiger partial charge in [-0.2, -0.15) is 5.10 Å². The van der Waals surface area contributed by atoms with Crippen LogP contribution in [0.4, 0.5) is 4.39 Å². The number of aryl methyl sites for hydroxylation is 1. The first-order valence-electron chi connectivity index (χ1n) is 10.4. The summed E-state index contributed by atoms with van der Waals surface area (Å²) in [6.07, 6.45) is 1.69. The predicted octanol–water partition coefficient (Wildman–Crippen LogP) is 2.84. The van der Waals surface area contributed by atoms with Crippen LogP contribution in [0.15, 0.2) is 59.4 Å². The van der Waals surface area contributed by atoms with Crippen LogP contribution in [0.2, 0.25) is 0 Å². The van der Waals surface area contributed by atoms with Crippen molar-refractivity contribution in [3.8, 4) is 5.69 Å². The first-order valence-corrected chi connectivity index (χ1v) is 10.4. The highest BCUT2D eigenvalue weighted by molar-refractivity contribution is 5.94. The second-order valence-electron chi connectivity index (χ2n) is 7.80. The number of benzene rings is 2. The van der Waals surface area contributed by atoms with Crippen molar-refractivity contribution in [3.63, 3.8) is 0 Å². The molecule has 32 heavy (non-hydrogen) atoms. The van der Waals surface area contributed by atoms with E-state index in [1.165, 1.54) is 16.8 Å². The van der Waals surface area contributed by atoms with Gasteiger partial charge in [0, 0.05) is 37.0 Å². The Hall–Kier alpha value is -3.81. The zero-order chi connectivity index (χ0) is 22.8. The van der Waals surface area contributed by atoms with Gasteiger partial charge in [-0.3, -0.25) is 14.4 Å². The lowest BCUT2D eigenvalue weighted by Gasteiger charge is -2.22.